The zero-order valence-corrected chi connectivity index (χ0v) is 8.03. The molecule has 0 bridgehead atoms. The lowest BCUT2D eigenvalue weighted by Crippen LogP contribution is -2.33. The molecule has 0 unspecified atom stereocenters. The molecule has 1 N–H and O–H groups in total. The molecule has 0 saturated carbocycles. The van der Waals surface area contributed by atoms with Gasteiger partial charge in [-0.1, -0.05) is 6.92 Å². The van der Waals surface area contributed by atoms with E-state index in [9.17, 15) is 4.79 Å². The van der Waals surface area contributed by atoms with E-state index >= 15 is 0 Å². The maximum Gasteiger partial charge on any atom is 0.229 e. The quantitative estimate of drug-likeness (QED) is 0.577. The van der Waals surface area contributed by atoms with Gasteiger partial charge in [0, 0.05) is 13.1 Å². The largest absolute Gasteiger partial charge is 0.354 e. The van der Waals surface area contributed by atoms with Crippen LogP contribution in [0.2, 0.25) is 0 Å². The van der Waals surface area contributed by atoms with Crippen LogP contribution in [0.15, 0.2) is 0 Å². The SMILES string of the molecule is CCN(C)CCNC(=O)CS. The first-order valence-corrected chi connectivity index (χ1v) is 4.40. The molecule has 66 valence electrons. The molecule has 0 heterocycles. The van der Waals surface area contributed by atoms with Crippen molar-refractivity contribution >= 4 is 18.5 Å². The molecule has 4 heteroatoms. The fraction of sp³-hybridized carbons (Fsp3) is 0.857. The van der Waals surface area contributed by atoms with E-state index in [0.29, 0.717) is 6.54 Å². The molecule has 0 aromatic carbocycles. The van der Waals surface area contributed by atoms with Gasteiger partial charge in [-0.05, 0) is 13.6 Å². The highest BCUT2D eigenvalue weighted by molar-refractivity contribution is 7.81. The lowest BCUT2D eigenvalue weighted by molar-refractivity contribution is -0.118. The van der Waals surface area contributed by atoms with Gasteiger partial charge in [0.25, 0.3) is 0 Å². The highest BCUT2D eigenvalue weighted by Gasteiger charge is 1.96. The van der Waals surface area contributed by atoms with Gasteiger partial charge in [-0.2, -0.15) is 12.6 Å². The van der Waals surface area contributed by atoms with Crippen molar-refractivity contribution in [3.05, 3.63) is 0 Å². The number of thiol groups is 1. The van der Waals surface area contributed by atoms with Crippen molar-refractivity contribution < 1.29 is 4.79 Å². The molecule has 0 aromatic heterocycles. The van der Waals surface area contributed by atoms with E-state index < -0.39 is 0 Å². The zero-order chi connectivity index (χ0) is 8.69. The topological polar surface area (TPSA) is 32.3 Å². The highest BCUT2D eigenvalue weighted by Crippen LogP contribution is 1.78. The van der Waals surface area contributed by atoms with Crippen molar-refractivity contribution in [3.8, 4) is 0 Å². The summed E-state index contributed by atoms with van der Waals surface area (Å²) < 4.78 is 0. The first-order valence-electron chi connectivity index (χ1n) is 3.76. The predicted octanol–water partition coefficient (Wildman–Crippen LogP) is -0.0159. The molecule has 0 aromatic rings. The number of carbonyl (C=O) groups is 1. The average molecular weight is 176 g/mol. The van der Waals surface area contributed by atoms with Crippen LogP contribution in [0.4, 0.5) is 0 Å². The molecule has 0 spiro atoms. The molecule has 1 amide bonds. The Kier molecular flexibility index (Phi) is 6.36. The van der Waals surface area contributed by atoms with Crippen molar-refractivity contribution in [3.63, 3.8) is 0 Å². The second-order valence-corrected chi connectivity index (χ2v) is 2.72. The summed E-state index contributed by atoms with van der Waals surface area (Å²) in [5.41, 5.74) is 0. The molecule has 0 rings (SSSR count). The van der Waals surface area contributed by atoms with Gasteiger partial charge < -0.3 is 10.2 Å². The number of amides is 1. The summed E-state index contributed by atoms with van der Waals surface area (Å²) in [5.74, 6) is 0.272. The van der Waals surface area contributed by atoms with Gasteiger partial charge >= 0.3 is 0 Å². The molecular formula is C7H16N2OS. The summed E-state index contributed by atoms with van der Waals surface area (Å²) in [7, 11) is 2.02. The Morgan fingerprint density at radius 1 is 1.64 bits per heavy atom. The van der Waals surface area contributed by atoms with Gasteiger partial charge in [0.1, 0.15) is 0 Å². The smallest absolute Gasteiger partial charge is 0.229 e. The number of likely N-dealkylation sites (N-methyl/N-ethyl adjacent to an activating group) is 1. The number of nitrogens with zero attached hydrogens (tertiary/aromatic N) is 1. The van der Waals surface area contributed by atoms with Crippen molar-refractivity contribution in [2.24, 2.45) is 0 Å². The number of hydrogen-bond donors (Lipinski definition) is 2. The number of carbonyl (C=O) groups excluding carboxylic acids is 1. The van der Waals surface area contributed by atoms with Gasteiger partial charge in [-0.3, -0.25) is 4.79 Å². The van der Waals surface area contributed by atoms with Gasteiger partial charge in [-0.15, -0.1) is 0 Å². The molecule has 3 nitrogen and oxygen atoms in total. The first kappa shape index (κ1) is 10.8. The molecular weight excluding hydrogens is 160 g/mol. The summed E-state index contributed by atoms with van der Waals surface area (Å²) >= 11 is 3.84. The van der Waals surface area contributed by atoms with E-state index in [0.717, 1.165) is 13.1 Å². The Hall–Kier alpha value is -0.220. The maximum absolute atomic E-state index is 10.7. The minimum absolute atomic E-state index is 0.00200. The Labute approximate surface area is 73.6 Å². The molecule has 11 heavy (non-hydrogen) atoms. The van der Waals surface area contributed by atoms with Crippen LogP contribution in [0, 0.1) is 0 Å². The van der Waals surface area contributed by atoms with Crippen LogP contribution < -0.4 is 5.32 Å². The van der Waals surface area contributed by atoms with E-state index in [4.69, 9.17) is 0 Å². The number of rotatable bonds is 5. The monoisotopic (exact) mass is 176 g/mol. The molecule has 0 radical (unpaired) electrons. The molecule has 0 aliphatic heterocycles. The Morgan fingerprint density at radius 2 is 2.27 bits per heavy atom. The van der Waals surface area contributed by atoms with E-state index in [-0.39, 0.29) is 11.7 Å². The third-order valence-corrected chi connectivity index (χ3v) is 1.79. The first-order chi connectivity index (χ1) is 5.20. The van der Waals surface area contributed by atoms with E-state index in [1.807, 2.05) is 7.05 Å². The van der Waals surface area contributed by atoms with Gasteiger partial charge in [0.15, 0.2) is 0 Å². The predicted molar refractivity (Wildman–Crippen MR) is 50.0 cm³/mol. The maximum atomic E-state index is 10.7. The minimum atomic E-state index is -0.00200. The average Bonchev–Trinajstić information content (AvgIpc) is 2.04. The Balaban J connectivity index is 3.20. The second-order valence-electron chi connectivity index (χ2n) is 2.40. The third-order valence-electron chi connectivity index (χ3n) is 1.50. The number of hydrogen-bond acceptors (Lipinski definition) is 3. The van der Waals surface area contributed by atoms with Gasteiger partial charge in [-0.25, -0.2) is 0 Å². The fourth-order valence-electron chi connectivity index (χ4n) is 0.600. The molecule has 0 fully saturated rings. The van der Waals surface area contributed by atoms with Crippen LogP contribution in [0.3, 0.4) is 0 Å². The summed E-state index contributed by atoms with van der Waals surface area (Å²) in [6.07, 6.45) is 0. The summed E-state index contributed by atoms with van der Waals surface area (Å²) in [4.78, 5) is 12.8. The van der Waals surface area contributed by atoms with Crippen LogP contribution in [0.5, 0.6) is 0 Å². The minimum Gasteiger partial charge on any atom is -0.354 e. The molecule has 0 atom stereocenters. The second kappa shape index (κ2) is 6.49. The normalized spacial score (nSPS) is 10.2. The van der Waals surface area contributed by atoms with E-state index in [1.54, 1.807) is 0 Å². The van der Waals surface area contributed by atoms with Crippen molar-refractivity contribution in [1.82, 2.24) is 10.2 Å². The van der Waals surface area contributed by atoms with E-state index in [2.05, 4.69) is 29.8 Å². The lowest BCUT2D eigenvalue weighted by atomic mass is 10.5. The summed E-state index contributed by atoms with van der Waals surface area (Å²) in [6.45, 7) is 4.71. The van der Waals surface area contributed by atoms with Crippen LogP contribution in [-0.2, 0) is 4.79 Å². The van der Waals surface area contributed by atoms with Crippen LogP contribution >= 0.6 is 12.6 Å². The highest BCUT2D eigenvalue weighted by atomic mass is 32.1. The molecule has 0 saturated heterocycles. The van der Waals surface area contributed by atoms with E-state index in [1.165, 1.54) is 0 Å². The van der Waals surface area contributed by atoms with Crippen molar-refractivity contribution in [2.45, 2.75) is 6.92 Å². The number of nitrogens with one attached hydrogen (secondary N) is 1. The van der Waals surface area contributed by atoms with Crippen molar-refractivity contribution in [1.29, 1.82) is 0 Å². The summed E-state index contributed by atoms with van der Waals surface area (Å²) in [6, 6.07) is 0. The molecule has 0 aliphatic carbocycles. The van der Waals surface area contributed by atoms with Crippen LogP contribution in [-0.4, -0.2) is 43.2 Å². The zero-order valence-electron chi connectivity index (χ0n) is 7.13. The Bertz CT molecular complexity index is 119. The van der Waals surface area contributed by atoms with Crippen LogP contribution in [0.1, 0.15) is 6.92 Å². The van der Waals surface area contributed by atoms with Gasteiger partial charge in [0.05, 0.1) is 5.75 Å². The lowest BCUT2D eigenvalue weighted by Gasteiger charge is -2.13. The third kappa shape index (κ3) is 6.19. The standard InChI is InChI=1S/C7H16N2OS/c1-3-9(2)5-4-8-7(10)6-11/h11H,3-6H2,1-2H3,(H,8,10). The molecule has 0 aliphatic rings. The summed E-state index contributed by atoms with van der Waals surface area (Å²) in [5, 5.41) is 2.74. The van der Waals surface area contributed by atoms with Gasteiger partial charge in [0.2, 0.25) is 5.91 Å². The Morgan fingerprint density at radius 3 is 2.73 bits per heavy atom. The fourth-order valence-corrected chi connectivity index (χ4v) is 0.712. The van der Waals surface area contributed by atoms with Crippen molar-refractivity contribution in [2.75, 3.05) is 32.4 Å². The van der Waals surface area contributed by atoms with Crippen LogP contribution in [0.25, 0.3) is 0 Å².